The summed E-state index contributed by atoms with van der Waals surface area (Å²) >= 11 is 1.41. The third kappa shape index (κ3) is 4.40. The quantitative estimate of drug-likeness (QED) is 0.706. The van der Waals surface area contributed by atoms with Crippen LogP contribution < -0.4 is 5.32 Å². The Labute approximate surface area is 170 Å². The van der Waals surface area contributed by atoms with Gasteiger partial charge in [-0.15, -0.1) is 11.3 Å². The zero-order valence-electron chi connectivity index (χ0n) is 16.7. The zero-order valence-corrected chi connectivity index (χ0v) is 17.5. The van der Waals surface area contributed by atoms with Gasteiger partial charge in [-0.2, -0.15) is 0 Å². The van der Waals surface area contributed by atoms with Crippen molar-refractivity contribution in [3.63, 3.8) is 0 Å². The van der Waals surface area contributed by atoms with E-state index < -0.39 is 11.9 Å². The fraction of sp³-hybridized carbons (Fsp3) is 0.667. The van der Waals surface area contributed by atoms with Crippen LogP contribution in [0.3, 0.4) is 0 Å². The Hall–Kier alpha value is -1.89. The van der Waals surface area contributed by atoms with Crippen molar-refractivity contribution >= 4 is 34.2 Å². The standard InChI is InChI=1S/C21H29NO5S/c1-3-26-20(24)14-11-8-12-15-16(14)17(21(25)27-4-2)19(28-15)22-18(23)13-9-6-5-7-10-13/h13-14H,3-12H2,1-2H3,(H,22,23). The number of anilines is 1. The Balaban J connectivity index is 1.94. The summed E-state index contributed by atoms with van der Waals surface area (Å²) < 4.78 is 10.5. The Morgan fingerprint density at radius 3 is 2.39 bits per heavy atom. The number of nitrogens with one attached hydrogen (secondary N) is 1. The fourth-order valence-electron chi connectivity index (χ4n) is 4.21. The molecule has 1 amide bonds. The Morgan fingerprint density at radius 1 is 1.00 bits per heavy atom. The summed E-state index contributed by atoms with van der Waals surface area (Å²) in [6.07, 6.45) is 7.37. The lowest BCUT2D eigenvalue weighted by Crippen LogP contribution is -2.26. The van der Waals surface area contributed by atoms with Crippen LogP contribution in [0.15, 0.2) is 0 Å². The predicted octanol–water partition coefficient (Wildman–Crippen LogP) is 4.43. The molecule has 28 heavy (non-hydrogen) atoms. The van der Waals surface area contributed by atoms with E-state index in [0.717, 1.165) is 43.4 Å². The van der Waals surface area contributed by atoms with Gasteiger partial charge in [-0.05, 0) is 51.5 Å². The Morgan fingerprint density at radius 2 is 1.71 bits per heavy atom. The molecule has 1 fully saturated rings. The number of amides is 1. The number of carbonyl (C=O) groups is 3. The van der Waals surface area contributed by atoms with Crippen LogP contribution in [0.2, 0.25) is 0 Å². The smallest absolute Gasteiger partial charge is 0.341 e. The molecule has 1 aromatic heterocycles. The van der Waals surface area contributed by atoms with Crippen LogP contribution in [0, 0.1) is 5.92 Å². The van der Waals surface area contributed by atoms with Crippen molar-refractivity contribution in [3.05, 3.63) is 16.0 Å². The van der Waals surface area contributed by atoms with Gasteiger partial charge in [-0.1, -0.05) is 19.3 Å². The van der Waals surface area contributed by atoms with Crippen molar-refractivity contribution in [2.45, 2.75) is 71.1 Å². The number of aryl methyl sites for hydroxylation is 1. The molecule has 1 unspecified atom stereocenters. The first-order valence-electron chi connectivity index (χ1n) is 10.4. The maximum atomic E-state index is 12.8. The molecule has 1 N–H and O–H groups in total. The molecule has 3 rings (SSSR count). The number of hydrogen-bond acceptors (Lipinski definition) is 6. The van der Waals surface area contributed by atoms with Crippen LogP contribution in [0.25, 0.3) is 0 Å². The fourth-order valence-corrected chi connectivity index (χ4v) is 5.50. The lowest BCUT2D eigenvalue weighted by Gasteiger charge is -2.22. The molecule has 2 aliphatic carbocycles. The van der Waals surface area contributed by atoms with Crippen LogP contribution in [-0.4, -0.2) is 31.1 Å². The van der Waals surface area contributed by atoms with E-state index in [-0.39, 0.29) is 24.4 Å². The van der Waals surface area contributed by atoms with Crippen LogP contribution in [0.1, 0.15) is 85.5 Å². The first-order valence-corrected chi connectivity index (χ1v) is 11.2. The van der Waals surface area contributed by atoms with Gasteiger partial charge in [-0.25, -0.2) is 4.79 Å². The average molecular weight is 408 g/mol. The number of carbonyl (C=O) groups excluding carboxylic acids is 3. The molecule has 1 aromatic rings. The highest BCUT2D eigenvalue weighted by molar-refractivity contribution is 7.17. The summed E-state index contributed by atoms with van der Waals surface area (Å²) in [5.41, 5.74) is 1.05. The molecule has 154 valence electrons. The van der Waals surface area contributed by atoms with E-state index in [0.29, 0.717) is 29.2 Å². The minimum absolute atomic E-state index is 0.0104. The number of ether oxygens (including phenoxy) is 2. The molecular formula is C21H29NO5S. The molecule has 0 spiro atoms. The van der Waals surface area contributed by atoms with E-state index in [2.05, 4.69) is 5.32 Å². The average Bonchev–Trinajstić information content (AvgIpc) is 3.06. The Kier molecular flexibility index (Phi) is 7.10. The third-order valence-corrected chi connectivity index (χ3v) is 6.71. The van der Waals surface area contributed by atoms with Crippen LogP contribution in [0.4, 0.5) is 5.00 Å². The minimum Gasteiger partial charge on any atom is -0.466 e. The highest BCUT2D eigenvalue weighted by Crippen LogP contribution is 2.44. The van der Waals surface area contributed by atoms with E-state index in [1.807, 2.05) is 0 Å². The normalized spacial score (nSPS) is 19.6. The highest BCUT2D eigenvalue weighted by atomic mass is 32.1. The monoisotopic (exact) mass is 407 g/mol. The lowest BCUT2D eigenvalue weighted by atomic mass is 9.85. The summed E-state index contributed by atoms with van der Waals surface area (Å²) in [5.74, 6) is -1.30. The van der Waals surface area contributed by atoms with E-state index in [9.17, 15) is 14.4 Å². The van der Waals surface area contributed by atoms with E-state index >= 15 is 0 Å². The zero-order chi connectivity index (χ0) is 20.1. The van der Waals surface area contributed by atoms with E-state index in [1.54, 1.807) is 13.8 Å². The summed E-state index contributed by atoms with van der Waals surface area (Å²) in [4.78, 5) is 39.0. The van der Waals surface area contributed by atoms with Crippen molar-refractivity contribution < 1.29 is 23.9 Å². The van der Waals surface area contributed by atoms with Gasteiger partial charge in [0.15, 0.2) is 0 Å². The molecule has 6 nitrogen and oxygen atoms in total. The number of fused-ring (bicyclic) bond motifs is 1. The maximum absolute atomic E-state index is 12.8. The summed E-state index contributed by atoms with van der Waals surface area (Å²) in [6.45, 7) is 4.07. The SMILES string of the molecule is CCOC(=O)c1c(NC(=O)C2CCCCC2)sc2c1C(C(=O)OCC)CCC2. The summed E-state index contributed by atoms with van der Waals surface area (Å²) in [7, 11) is 0. The number of thiophene rings is 1. The van der Waals surface area contributed by atoms with Crippen molar-refractivity contribution in [2.75, 3.05) is 18.5 Å². The van der Waals surface area contributed by atoms with Crippen molar-refractivity contribution in [1.82, 2.24) is 0 Å². The largest absolute Gasteiger partial charge is 0.466 e. The summed E-state index contributed by atoms with van der Waals surface area (Å²) in [6, 6.07) is 0. The predicted molar refractivity (Wildman–Crippen MR) is 108 cm³/mol. The first-order chi connectivity index (χ1) is 13.6. The topological polar surface area (TPSA) is 81.7 Å². The van der Waals surface area contributed by atoms with Crippen molar-refractivity contribution in [1.29, 1.82) is 0 Å². The number of esters is 2. The molecule has 1 saturated carbocycles. The molecule has 1 heterocycles. The van der Waals surface area contributed by atoms with Gasteiger partial charge in [0.1, 0.15) is 5.00 Å². The molecule has 0 aliphatic heterocycles. The van der Waals surface area contributed by atoms with E-state index in [1.165, 1.54) is 17.8 Å². The van der Waals surface area contributed by atoms with E-state index in [4.69, 9.17) is 9.47 Å². The van der Waals surface area contributed by atoms with Crippen LogP contribution in [0.5, 0.6) is 0 Å². The minimum atomic E-state index is -0.477. The molecule has 0 aromatic carbocycles. The molecular weight excluding hydrogens is 378 g/mol. The third-order valence-electron chi connectivity index (χ3n) is 5.53. The second-order valence-corrected chi connectivity index (χ2v) is 8.49. The van der Waals surface area contributed by atoms with Crippen LogP contribution in [-0.2, 0) is 25.5 Å². The van der Waals surface area contributed by atoms with Gasteiger partial charge in [0.25, 0.3) is 0 Å². The number of rotatable bonds is 6. The van der Waals surface area contributed by atoms with Crippen LogP contribution >= 0.6 is 11.3 Å². The van der Waals surface area contributed by atoms with Gasteiger partial charge in [0.05, 0.1) is 24.7 Å². The van der Waals surface area contributed by atoms with Gasteiger partial charge < -0.3 is 14.8 Å². The van der Waals surface area contributed by atoms with Crippen molar-refractivity contribution in [3.8, 4) is 0 Å². The first kappa shape index (κ1) is 20.8. The molecule has 0 bridgehead atoms. The second-order valence-electron chi connectivity index (χ2n) is 7.38. The highest BCUT2D eigenvalue weighted by Gasteiger charge is 2.37. The van der Waals surface area contributed by atoms with Gasteiger partial charge in [0, 0.05) is 10.8 Å². The number of hydrogen-bond donors (Lipinski definition) is 1. The van der Waals surface area contributed by atoms with Gasteiger partial charge >= 0.3 is 11.9 Å². The molecule has 7 heteroatoms. The molecule has 1 atom stereocenters. The Bertz CT molecular complexity index is 735. The lowest BCUT2D eigenvalue weighted by molar-refractivity contribution is -0.145. The van der Waals surface area contributed by atoms with Gasteiger partial charge in [0.2, 0.25) is 5.91 Å². The van der Waals surface area contributed by atoms with Gasteiger partial charge in [-0.3, -0.25) is 9.59 Å². The second kappa shape index (κ2) is 9.54. The molecule has 2 aliphatic rings. The summed E-state index contributed by atoms with van der Waals surface area (Å²) in [5, 5.41) is 3.52. The molecule has 0 saturated heterocycles. The van der Waals surface area contributed by atoms with Crippen molar-refractivity contribution in [2.24, 2.45) is 5.92 Å². The maximum Gasteiger partial charge on any atom is 0.341 e. The molecule has 0 radical (unpaired) electrons.